The van der Waals surface area contributed by atoms with Crippen LogP contribution in [0.4, 0.5) is 10.1 Å². The molecule has 2 saturated heterocycles. The lowest BCUT2D eigenvalue weighted by Crippen LogP contribution is -2.43. The molecule has 0 unspecified atom stereocenters. The lowest BCUT2D eigenvalue weighted by atomic mass is 9.85. The third-order valence-corrected chi connectivity index (χ3v) is 10.5. The minimum Gasteiger partial charge on any atom is -0.338 e. The summed E-state index contributed by atoms with van der Waals surface area (Å²) in [6.45, 7) is 3.44. The molecular formula is C33H32FN9O2S. The number of anilines is 1. The summed E-state index contributed by atoms with van der Waals surface area (Å²) >= 11 is 1.57. The van der Waals surface area contributed by atoms with Crippen molar-refractivity contribution in [3.63, 3.8) is 0 Å². The Morgan fingerprint density at radius 2 is 1.93 bits per heavy atom. The molecule has 1 N–H and O–H groups in total. The van der Waals surface area contributed by atoms with Crippen molar-refractivity contribution in [3.05, 3.63) is 71.9 Å². The van der Waals surface area contributed by atoms with Gasteiger partial charge in [0.15, 0.2) is 5.82 Å². The number of likely N-dealkylation sites (tertiary alicyclic amines) is 1. The van der Waals surface area contributed by atoms with E-state index in [4.69, 9.17) is 0 Å². The second-order valence-corrected chi connectivity index (χ2v) is 13.4. The molecule has 8 rings (SSSR count). The maximum absolute atomic E-state index is 13.9. The number of aromatic amines is 1. The van der Waals surface area contributed by atoms with Gasteiger partial charge in [0, 0.05) is 56.1 Å². The summed E-state index contributed by atoms with van der Waals surface area (Å²) in [6.07, 6.45) is 7.82. The smallest absolute Gasteiger partial charge is 0.237 e. The van der Waals surface area contributed by atoms with E-state index in [1.807, 2.05) is 41.2 Å². The van der Waals surface area contributed by atoms with Gasteiger partial charge in [-0.1, -0.05) is 6.08 Å². The molecule has 234 valence electrons. The summed E-state index contributed by atoms with van der Waals surface area (Å²) in [5.41, 5.74) is 3.88. The van der Waals surface area contributed by atoms with Gasteiger partial charge in [0.05, 0.1) is 28.0 Å². The summed E-state index contributed by atoms with van der Waals surface area (Å²) in [6, 6.07) is 12.1. The molecule has 6 heterocycles. The second kappa shape index (κ2) is 11.2. The first-order chi connectivity index (χ1) is 22.3. The summed E-state index contributed by atoms with van der Waals surface area (Å²) in [5, 5.41) is 13.7. The molecule has 5 aromatic rings. The monoisotopic (exact) mass is 637 g/mol. The molecule has 2 fully saturated rings. The minimum atomic E-state index is -0.481. The lowest BCUT2D eigenvalue weighted by molar-refractivity contribution is -0.132. The highest BCUT2D eigenvalue weighted by Gasteiger charge is 2.51. The molecule has 13 heteroatoms. The Labute approximate surface area is 268 Å². The van der Waals surface area contributed by atoms with Crippen molar-refractivity contribution in [2.24, 2.45) is 12.5 Å². The van der Waals surface area contributed by atoms with Crippen molar-refractivity contribution >= 4 is 45.3 Å². The van der Waals surface area contributed by atoms with Crippen molar-refractivity contribution in [3.8, 4) is 22.0 Å². The van der Waals surface area contributed by atoms with Crippen molar-refractivity contribution in [2.75, 3.05) is 44.2 Å². The molecule has 0 bridgehead atoms. The van der Waals surface area contributed by atoms with Gasteiger partial charge in [-0.3, -0.25) is 24.3 Å². The second-order valence-electron chi connectivity index (χ2n) is 12.3. The van der Waals surface area contributed by atoms with Gasteiger partial charge in [-0.15, -0.1) is 11.3 Å². The van der Waals surface area contributed by atoms with E-state index in [9.17, 15) is 14.0 Å². The van der Waals surface area contributed by atoms with Gasteiger partial charge in [-0.2, -0.15) is 10.2 Å². The van der Waals surface area contributed by atoms with E-state index in [0.29, 0.717) is 38.5 Å². The number of hydrogen-bond donors (Lipinski definition) is 1. The number of halogens is 1. The summed E-state index contributed by atoms with van der Waals surface area (Å²) < 4.78 is 15.2. The van der Waals surface area contributed by atoms with Gasteiger partial charge in [0.2, 0.25) is 11.8 Å². The van der Waals surface area contributed by atoms with Crippen LogP contribution >= 0.6 is 11.3 Å². The number of aryl methyl sites for hydroxylation is 1. The average molecular weight is 638 g/mol. The highest BCUT2D eigenvalue weighted by atomic mass is 32.1. The molecule has 0 radical (unpaired) electrons. The molecule has 2 aromatic carbocycles. The van der Waals surface area contributed by atoms with E-state index < -0.39 is 5.41 Å². The third-order valence-electron chi connectivity index (χ3n) is 9.44. The summed E-state index contributed by atoms with van der Waals surface area (Å²) in [5.74, 6) is 0.572. The number of thiazole rings is 1. The molecule has 1 spiro atoms. The molecular weight excluding hydrogens is 605 g/mol. The van der Waals surface area contributed by atoms with E-state index in [0.717, 1.165) is 69.1 Å². The largest absolute Gasteiger partial charge is 0.338 e. The fourth-order valence-electron chi connectivity index (χ4n) is 6.90. The van der Waals surface area contributed by atoms with Crippen molar-refractivity contribution in [1.29, 1.82) is 0 Å². The Bertz CT molecular complexity index is 2000. The van der Waals surface area contributed by atoms with Gasteiger partial charge in [0.1, 0.15) is 17.2 Å². The molecule has 0 aliphatic carbocycles. The van der Waals surface area contributed by atoms with E-state index in [-0.39, 0.29) is 17.6 Å². The Kier molecular flexibility index (Phi) is 7.02. The number of aromatic nitrogens is 6. The number of rotatable bonds is 6. The first-order valence-electron chi connectivity index (χ1n) is 15.4. The van der Waals surface area contributed by atoms with Gasteiger partial charge >= 0.3 is 0 Å². The lowest BCUT2D eigenvalue weighted by Gasteiger charge is -2.28. The quantitative estimate of drug-likeness (QED) is 0.294. The summed E-state index contributed by atoms with van der Waals surface area (Å²) in [7, 11) is 1.84. The van der Waals surface area contributed by atoms with E-state index >= 15 is 0 Å². The van der Waals surface area contributed by atoms with E-state index in [1.165, 1.54) is 12.1 Å². The van der Waals surface area contributed by atoms with E-state index in [2.05, 4.69) is 36.2 Å². The van der Waals surface area contributed by atoms with Crippen LogP contribution in [0.3, 0.4) is 0 Å². The van der Waals surface area contributed by atoms with Crippen LogP contribution in [0, 0.1) is 11.2 Å². The van der Waals surface area contributed by atoms with Gasteiger partial charge in [-0.25, -0.2) is 14.4 Å². The first-order valence-corrected chi connectivity index (χ1v) is 16.2. The molecule has 1 atom stereocenters. The zero-order valence-electron chi connectivity index (χ0n) is 25.3. The first kappa shape index (κ1) is 28.7. The number of carbonyl (C=O) groups excluding carboxylic acids is 2. The van der Waals surface area contributed by atoms with Crippen molar-refractivity contribution in [1.82, 2.24) is 39.7 Å². The standard InChI is InChI=1S/C33H32FN9O2S/c1-40-20-36-30(39-40)27-17-35-31(46-27)22-8-12-42(13-9-22)28(44)18-41-14-10-33(19-41)11-15-43(32(33)45)24-6-7-26-25(16-24)29(38-37-26)21-2-4-23(34)5-3-21/h2-8,16-17,20H,9-15,18-19H2,1H3,(H,37,38)/t33-/m0/s1. The van der Waals surface area contributed by atoms with Crippen LogP contribution in [0.25, 0.3) is 38.4 Å². The fraction of sp³-hybridized carbons (Fsp3) is 0.333. The number of hydrogen-bond acceptors (Lipinski definition) is 8. The highest BCUT2D eigenvalue weighted by Crippen LogP contribution is 2.43. The number of benzene rings is 2. The Hall–Kier alpha value is -4.75. The molecule has 2 amide bonds. The Morgan fingerprint density at radius 3 is 2.72 bits per heavy atom. The van der Waals surface area contributed by atoms with Gasteiger partial charge in [0.25, 0.3) is 0 Å². The zero-order chi connectivity index (χ0) is 31.4. The molecule has 3 aromatic heterocycles. The molecule has 3 aliphatic heterocycles. The topological polar surface area (TPSA) is 116 Å². The fourth-order valence-corrected chi connectivity index (χ4v) is 7.82. The van der Waals surface area contributed by atoms with E-state index in [1.54, 1.807) is 34.5 Å². The maximum Gasteiger partial charge on any atom is 0.237 e. The van der Waals surface area contributed by atoms with Crippen LogP contribution in [0.15, 0.2) is 61.1 Å². The van der Waals surface area contributed by atoms with Crippen LogP contribution in [-0.4, -0.2) is 90.8 Å². The molecule has 3 aliphatic rings. The van der Waals surface area contributed by atoms with Gasteiger partial charge in [-0.05, 0) is 73.8 Å². The number of amides is 2. The highest BCUT2D eigenvalue weighted by molar-refractivity contribution is 7.16. The zero-order valence-corrected chi connectivity index (χ0v) is 26.1. The maximum atomic E-state index is 13.9. The average Bonchev–Trinajstić information content (AvgIpc) is 3.91. The normalized spacial score (nSPS) is 20.4. The summed E-state index contributed by atoms with van der Waals surface area (Å²) in [4.78, 5) is 43.0. The van der Waals surface area contributed by atoms with Crippen molar-refractivity contribution in [2.45, 2.75) is 19.3 Å². The number of carbonyl (C=O) groups is 2. The predicted octanol–water partition coefficient (Wildman–Crippen LogP) is 4.37. The number of H-pyrrole nitrogens is 1. The SMILES string of the molecule is Cn1cnc(-c2cnc(C3=CCN(C(=O)CN4CC[C@]5(CCN(c6ccc7[nH]nc(-c8ccc(F)cc8)c7c6)C5=O)C4)CC3)s2)n1. The Morgan fingerprint density at radius 1 is 1.09 bits per heavy atom. The molecule has 46 heavy (non-hydrogen) atoms. The van der Waals surface area contributed by atoms with Crippen LogP contribution in [0.1, 0.15) is 24.3 Å². The van der Waals surface area contributed by atoms with Crippen molar-refractivity contribution < 1.29 is 14.0 Å². The number of fused-ring (bicyclic) bond motifs is 1. The van der Waals surface area contributed by atoms with Gasteiger partial charge < -0.3 is 9.80 Å². The third kappa shape index (κ3) is 5.09. The Balaban J connectivity index is 0.903. The molecule has 11 nitrogen and oxygen atoms in total. The van der Waals surface area contributed by atoms with Crippen LogP contribution in [-0.2, 0) is 16.6 Å². The number of nitrogens with zero attached hydrogens (tertiary/aromatic N) is 8. The minimum absolute atomic E-state index is 0.0888. The number of nitrogens with one attached hydrogen (secondary N) is 1. The van der Waals surface area contributed by atoms with Crippen LogP contribution < -0.4 is 4.90 Å². The van der Waals surface area contributed by atoms with Crippen LogP contribution in [0.2, 0.25) is 0 Å². The predicted molar refractivity (Wildman–Crippen MR) is 173 cm³/mol. The van der Waals surface area contributed by atoms with Crippen LogP contribution in [0.5, 0.6) is 0 Å². The molecule has 0 saturated carbocycles.